The SMILES string of the molecule is C[C@@H](Oc1ccc2ccccc2c1)C(=O)Nc1c(F)cccc1F. The van der Waals surface area contributed by atoms with Crippen LogP contribution in [0.3, 0.4) is 0 Å². The number of carbonyl (C=O) groups is 1. The van der Waals surface area contributed by atoms with Crippen LogP contribution in [0.2, 0.25) is 0 Å². The minimum absolute atomic E-state index is 0.475. The van der Waals surface area contributed by atoms with Gasteiger partial charge >= 0.3 is 0 Å². The number of amides is 1. The molecule has 3 nitrogen and oxygen atoms in total. The smallest absolute Gasteiger partial charge is 0.265 e. The quantitative estimate of drug-likeness (QED) is 0.765. The van der Waals surface area contributed by atoms with E-state index in [1.165, 1.54) is 13.0 Å². The molecule has 0 spiro atoms. The maximum absolute atomic E-state index is 13.6. The molecule has 0 fully saturated rings. The minimum Gasteiger partial charge on any atom is -0.481 e. The highest BCUT2D eigenvalue weighted by molar-refractivity contribution is 5.94. The van der Waals surface area contributed by atoms with E-state index in [1.54, 1.807) is 6.07 Å². The molecule has 0 heterocycles. The summed E-state index contributed by atoms with van der Waals surface area (Å²) in [7, 11) is 0. The Morgan fingerprint density at radius 3 is 2.33 bits per heavy atom. The van der Waals surface area contributed by atoms with Gasteiger partial charge in [0.05, 0.1) is 0 Å². The highest BCUT2D eigenvalue weighted by Gasteiger charge is 2.18. The van der Waals surface area contributed by atoms with Gasteiger partial charge in [0, 0.05) is 0 Å². The van der Waals surface area contributed by atoms with E-state index in [4.69, 9.17) is 4.74 Å². The lowest BCUT2D eigenvalue weighted by atomic mass is 10.1. The van der Waals surface area contributed by atoms with E-state index in [0.717, 1.165) is 22.9 Å². The summed E-state index contributed by atoms with van der Waals surface area (Å²) in [6.07, 6.45) is -0.912. The molecule has 24 heavy (non-hydrogen) atoms. The molecular formula is C19H15F2NO2. The molecule has 0 aromatic heterocycles. The minimum atomic E-state index is -0.912. The second-order valence-corrected chi connectivity index (χ2v) is 5.35. The van der Waals surface area contributed by atoms with Crippen molar-refractivity contribution in [3.63, 3.8) is 0 Å². The van der Waals surface area contributed by atoms with Crippen molar-refractivity contribution < 1.29 is 18.3 Å². The van der Waals surface area contributed by atoms with E-state index in [-0.39, 0.29) is 0 Å². The zero-order chi connectivity index (χ0) is 17.1. The maximum Gasteiger partial charge on any atom is 0.265 e. The van der Waals surface area contributed by atoms with Gasteiger partial charge in [-0.25, -0.2) is 8.78 Å². The average molecular weight is 327 g/mol. The maximum atomic E-state index is 13.6. The molecule has 0 aliphatic carbocycles. The van der Waals surface area contributed by atoms with Crippen molar-refractivity contribution in [2.75, 3.05) is 5.32 Å². The van der Waals surface area contributed by atoms with Crippen LogP contribution in [-0.4, -0.2) is 12.0 Å². The zero-order valence-electron chi connectivity index (χ0n) is 12.9. The first-order valence-electron chi connectivity index (χ1n) is 7.45. The summed E-state index contributed by atoms with van der Waals surface area (Å²) in [6.45, 7) is 1.52. The molecule has 1 amide bonds. The topological polar surface area (TPSA) is 38.3 Å². The summed E-state index contributed by atoms with van der Waals surface area (Å²) in [5.41, 5.74) is -0.475. The van der Waals surface area contributed by atoms with E-state index in [1.807, 2.05) is 36.4 Å². The Balaban J connectivity index is 1.73. The van der Waals surface area contributed by atoms with Crippen LogP contribution in [0.1, 0.15) is 6.92 Å². The van der Waals surface area contributed by atoms with Crippen molar-refractivity contribution in [1.29, 1.82) is 0 Å². The van der Waals surface area contributed by atoms with Crippen molar-refractivity contribution >= 4 is 22.4 Å². The molecule has 0 aliphatic heterocycles. The first kappa shape index (κ1) is 15.9. The Bertz CT molecular complexity index is 875. The number of benzene rings is 3. The van der Waals surface area contributed by atoms with Gasteiger partial charge in [0.15, 0.2) is 6.10 Å². The molecule has 1 N–H and O–H groups in total. The molecular weight excluding hydrogens is 312 g/mol. The van der Waals surface area contributed by atoms with Gasteiger partial charge in [0.25, 0.3) is 5.91 Å². The van der Waals surface area contributed by atoms with Crippen LogP contribution in [0.5, 0.6) is 5.75 Å². The molecule has 0 saturated carbocycles. The molecule has 0 unspecified atom stereocenters. The van der Waals surface area contributed by atoms with E-state index < -0.39 is 29.3 Å². The fourth-order valence-electron chi connectivity index (χ4n) is 2.34. The molecule has 1 atom stereocenters. The van der Waals surface area contributed by atoms with Crippen LogP contribution >= 0.6 is 0 Å². The van der Waals surface area contributed by atoms with Gasteiger partial charge < -0.3 is 10.1 Å². The van der Waals surface area contributed by atoms with E-state index in [9.17, 15) is 13.6 Å². The Morgan fingerprint density at radius 2 is 1.62 bits per heavy atom. The average Bonchev–Trinajstić information content (AvgIpc) is 2.58. The van der Waals surface area contributed by atoms with Crippen LogP contribution in [0.15, 0.2) is 60.7 Å². The summed E-state index contributed by atoms with van der Waals surface area (Å²) >= 11 is 0. The standard InChI is InChI=1S/C19H15F2NO2/c1-12(19(23)22-18-16(20)7-4-8-17(18)21)24-15-10-9-13-5-2-3-6-14(13)11-15/h2-12H,1H3,(H,22,23)/t12-/m1/s1. The molecule has 0 radical (unpaired) electrons. The van der Waals surface area contributed by atoms with Crippen molar-refractivity contribution in [3.8, 4) is 5.75 Å². The van der Waals surface area contributed by atoms with Crippen molar-refractivity contribution in [2.24, 2.45) is 0 Å². The Kier molecular flexibility index (Phi) is 4.42. The highest BCUT2D eigenvalue weighted by Crippen LogP contribution is 2.22. The third kappa shape index (κ3) is 3.35. The number of fused-ring (bicyclic) bond motifs is 1. The highest BCUT2D eigenvalue weighted by atomic mass is 19.1. The van der Waals surface area contributed by atoms with Crippen LogP contribution in [0.4, 0.5) is 14.5 Å². The zero-order valence-corrected chi connectivity index (χ0v) is 12.9. The Hall–Kier alpha value is -2.95. The van der Waals surface area contributed by atoms with E-state index >= 15 is 0 Å². The number of carbonyl (C=O) groups excluding carboxylic acids is 1. The van der Waals surface area contributed by atoms with Gasteiger partial charge in [-0.2, -0.15) is 0 Å². The molecule has 3 aromatic rings. The number of hydrogen-bond acceptors (Lipinski definition) is 2. The van der Waals surface area contributed by atoms with E-state index in [0.29, 0.717) is 5.75 Å². The second kappa shape index (κ2) is 6.66. The van der Waals surface area contributed by atoms with Crippen molar-refractivity contribution in [2.45, 2.75) is 13.0 Å². The van der Waals surface area contributed by atoms with Gasteiger partial charge in [-0.1, -0.05) is 36.4 Å². The lowest BCUT2D eigenvalue weighted by Gasteiger charge is -2.15. The van der Waals surface area contributed by atoms with Gasteiger partial charge in [-0.3, -0.25) is 4.79 Å². The van der Waals surface area contributed by atoms with Gasteiger partial charge in [-0.05, 0) is 42.0 Å². The molecule has 0 aliphatic rings. The molecule has 122 valence electrons. The molecule has 0 bridgehead atoms. The Morgan fingerprint density at radius 1 is 0.958 bits per heavy atom. The fraction of sp³-hybridized carbons (Fsp3) is 0.105. The normalized spacial score (nSPS) is 12.0. The Labute approximate surface area is 137 Å². The van der Waals surface area contributed by atoms with Crippen LogP contribution in [0.25, 0.3) is 10.8 Å². The second-order valence-electron chi connectivity index (χ2n) is 5.35. The third-order valence-electron chi connectivity index (χ3n) is 3.61. The van der Waals surface area contributed by atoms with Crippen LogP contribution in [-0.2, 0) is 4.79 Å². The predicted octanol–water partition coefficient (Wildman–Crippen LogP) is 4.52. The first-order valence-corrected chi connectivity index (χ1v) is 7.45. The first-order chi connectivity index (χ1) is 11.5. The number of hydrogen-bond donors (Lipinski definition) is 1. The summed E-state index contributed by atoms with van der Waals surface area (Å²) < 4.78 is 32.7. The lowest BCUT2D eigenvalue weighted by molar-refractivity contribution is -0.122. The van der Waals surface area contributed by atoms with Crippen molar-refractivity contribution in [1.82, 2.24) is 0 Å². The molecule has 3 aromatic carbocycles. The number of ether oxygens (including phenoxy) is 1. The number of halogens is 2. The van der Waals surface area contributed by atoms with Gasteiger partial charge in [0.1, 0.15) is 23.1 Å². The number of rotatable bonds is 4. The van der Waals surface area contributed by atoms with E-state index in [2.05, 4.69) is 5.32 Å². The largest absolute Gasteiger partial charge is 0.481 e. The van der Waals surface area contributed by atoms with Crippen LogP contribution in [0, 0.1) is 11.6 Å². The number of para-hydroxylation sites is 1. The monoisotopic (exact) mass is 327 g/mol. The summed E-state index contributed by atoms with van der Waals surface area (Å²) in [5, 5.41) is 4.25. The molecule has 3 rings (SSSR count). The fourth-order valence-corrected chi connectivity index (χ4v) is 2.34. The third-order valence-corrected chi connectivity index (χ3v) is 3.61. The molecule has 5 heteroatoms. The lowest BCUT2D eigenvalue weighted by Crippen LogP contribution is -2.30. The number of nitrogens with one attached hydrogen (secondary N) is 1. The van der Waals surface area contributed by atoms with Crippen molar-refractivity contribution in [3.05, 3.63) is 72.3 Å². The molecule has 0 saturated heterocycles. The summed E-state index contributed by atoms with van der Waals surface area (Å²) in [4.78, 5) is 12.1. The number of anilines is 1. The van der Waals surface area contributed by atoms with Gasteiger partial charge in [-0.15, -0.1) is 0 Å². The van der Waals surface area contributed by atoms with Crippen LogP contribution < -0.4 is 10.1 Å². The summed E-state index contributed by atoms with van der Waals surface area (Å²) in [6, 6.07) is 16.6. The summed E-state index contributed by atoms with van der Waals surface area (Å²) in [5.74, 6) is -1.79. The predicted molar refractivity (Wildman–Crippen MR) is 89.0 cm³/mol. The van der Waals surface area contributed by atoms with Gasteiger partial charge in [0.2, 0.25) is 0 Å².